The molecular weight excluding hydrogens is 415 g/mol. The van der Waals surface area contributed by atoms with Crippen molar-refractivity contribution in [1.29, 1.82) is 0 Å². The van der Waals surface area contributed by atoms with E-state index in [0.717, 1.165) is 0 Å². The third kappa shape index (κ3) is 6.08. The first-order valence-corrected chi connectivity index (χ1v) is 9.10. The number of hydrogen-bond donors (Lipinski definition) is 2. The molecule has 0 radical (unpaired) electrons. The molecule has 0 bridgehead atoms. The van der Waals surface area contributed by atoms with Crippen LogP contribution in [0, 0.1) is 17.7 Å². The second-order valence-corrected chi connectivity index (χ2v) is 6.39. The van der Waals surface area contributed by atoms with E-state index in [1.54, 1.807) is 6.92 Å². The van der Waals surface area contributed by atoms with Crippen molar-refractivity contribution < 1.29 is 27.4 Å². The van der Waals surface area contributed by atoms with E-state index < -0.39 is 36.3 Å². The Morgan fingerprint density at radius 3 is 2.87 bits per heavy atom. The molecule has 0 spiro atoms. The number of anilines is 1. The van der Waals surface area contributed by atoms with E-state index in [4.69, 9.17) is 15.2 Å². The minimum absolute atomic E-state index is 0.0309. The quantitative estimate of drug-likeness (QED) is 0.301. The molecule has 31 heavy (non-hydrogen) atoms. The van der Waals surface area contributed by atoms with Crippen molar-refractivity contribution in [1.82, 2.24) is 9.97 Å². The van der Waals surface area contributed by atoms with E-state index in [0.29, 0.717) is 12.1 Å². The summed E-state index contributed by atoms with van der Waals surface area (Å²) in [4.78, 5) is 23.1. The van der Waals surface area contributed by atoms with E-state index in [1.807, 2.05) is 0 Å². The molecular formula is C20H18F3N5O3. The molecule has 0 saturated heterocycles. The molecule has 1 saturated carbocycles. The van der Waals surface area contributed by atoms with Crippen molar-refractivity contribution in [3.05, 3.63) is 47.7 Å². The zero-order valence-corrected chi connectivity index (χ0v) is 16.3. The highest BCUT2D eigenvalue weighted by Crippen LogP contribution is 2.45. The largest absolute Gasteiger partial charge is 0.463 e. The first-order valence-electron chi connectivity index (χ1n) is 9.10. The maximum Gasteiger partial charge on any atom is 0.336 e. The van der Waals surface area contributed by atoms with Crippen LogP contribution in [0.2, 0.25) is 0 Å². The first-order chi connectivity index (χ1) is 14.9. The number of ether oxygens (including phenoxy) is 2. The lowest BCUT2D eigenvalue weighted by molar-refractivity contribution is 0.102. The molecule has 1 aliphatic rings. The number of aliphatic imine (C=N–C) groups is 1. The molecule has 0 aliphatic heterocycles. The van der Waals surface area contributed by atoms with Gasteiger partial charge in [0, 0.05) is 11.6 Å². The molecule has 1 aromatic carbocycles. The number of amides is 1. The van der Waals surface area contributed by atoms with Crippen molar-refractivity contribution in [2.45, 2.75) is 31.9 Å². The summed E-state index contributed by atoms with van der Waals surface area (Å²) in [5, 5.41) is 2.60. The maximum absolute atomic E-state index is 14.2. The van der Waals surface area contributed by atoms with Crippen LogP contribution in [0.1, 0.15) is 35.3 Å². The second kappa shape index (κ2) is 9.80. The Balaban J connectivity index is 1.63. The third-order valence-corrected chi connectivity index (χ3v) is 4.21. The summed E-state index contributed by atoms with van der Waals surface area (Å²) in [7, 11) is 0. The Kier molecular flexibility index (Phi) is 6.92. The molecule has 11 heteroatoms. The minimum atomic E-state index is -2.98. The molecule has 1 fully saturated rings. The normalized spacial score (nSPS) is 17.5. The van der Waals surface area contributed by atoms with Crippen LogP contribution in [0.15, 0.2) is 35.6 Å². The molecule has 8 nitrogen and oxygen atoms in total. The number of alkyl halides is 2. The van der Waals surface area contributed by atoms with Gasteiger partial charge >= 0.3 is 6.55 Å². The van der Waals surface area contributed by atoms with Gasteiger partial charge in [0.25, 0.3) is 11.9 Å². The van der Waals surface area contributed by atoms with E-state index in [9.17, 15) is 18.0 Å². The number of nitrogens with two attached hydrogens (primary N) is 1. The van der Waals surface area contributed by atoms with E-state index >= 15 is 0 Å². The zero-order chi connectivity index (χ0) is 22.4. The third-order valence-electron chi connectivity index (χ3n) is 4.21. The second-order valence-electron chi connectivity index (χ2n) is 6.39. The van der Waals surface area contributed by atoms with Crippen molar-refractivity contribution in [3.63, 3.8) is 0 Å². The van der Waals surface area contributed by atoms with Crippen LogP contribution < -0.4 is 15.8 Å². The van der Waals surface area contributed by atoms with Crippen LogP contribution in [0.25, 0.3) is 0 Å². The number of carbonyl (C=O) groups excluding carboxylic acids is 1. The molecule has 2 aromatic rings. The number of rotatable bonds is 7. The van der Waals surface area contributed by atoms with Crippen LogP contribution in [0.3, 0.4) is 0 Å². The van der Waals surface area contributed by atoms with Gasteiger partial charge in [-0.25, -0.2) is 14.4 Å². The lowest BCUT2D eigenvalue weighted by Crippen LogP contribution is -2.19. The van der Waals surface area contributed by atoms with Gasteiger partial charge in [-0.1, -0.05) is 5.92 Å². The summed E-state index contributed by atoms with van der Waals surface area (Å²) in [5.74, 6) is 4.13. The van der Waals surface area contributed by atoms with Crippen LogP contribution in [-0.2, 0) is 4.74 Å². The molecule has 3 rings (SSSR count). The number of aromatic nitrogens is 2. The molecule has 1 aliphatic carbocycles. The van der Waals surface area contributed by atoms with Gasteiger partial charge in [0.05, 0.1) is 12.4 Å². The van der Waals surface area contributed by atoms with Crippen LogP contribution >= 0.6 is 0 Å². The highest BCUT2D eigenvalue weighted by Gasteiger charge is 2.43. The fraction of sp³-hybridized carbons (Fsp3) is 0.300. The lowest BCUT2D eigenvalue weighted by atomic mass is 10.1. The number of halogens is 3. The predicted octanol–water partition coefficient (Wildman–Crippen LogP) is 2.68. The van der Waals surface area contributed by atoms with E-state index in [-0.39, 0.29) is 23.7 Å². The SMILES string of the molecule is CC#CCOc1cnc(C(=O)Nc2ccc(F)c([C@H]3C[C@H]3OC(N)=NC(F)F)c2)cn1. The molecule has 1 amide bonds. The molecule has 1 aromatic heterocycles. The Labute approximate surface area is 175 Å². The van der Waals surface area contributed by atoms with Crippen LogP contribution in [0.5, 0.6) is 5.88 Å². The van der Waals surface area contributed by atoms with Gasteiger partial charge in [0.1, 0.15) is 17.6 Å². The topological polar surface area (TPSA) is 112 Å². The number of amidine groups is 1. The van der Waals surface area contributed by atoms with Gasteiger partial charge in [0.15, 0.2) is 6.61 Å². The predicted molar refractivity (Wildman–Crippen MR) is 105 cm³/mol. The summed E-state index contributed by atoms with van der Waals surface area (Å²) in [6.45, 7) is -1.15. The average molecular weight is 433 g/mol. The molecule has 0 unspecified atom stereocenters. The standard InChI is InChI=1S/C20H18F3N5O3/c1-2-3-6-30-17-10-25-15(9-26-17)18(29)27-11-4-5-14(21)12(7-11)13-8-16(13)31-20(24)28-19(22)23/h4-5,7,9-10,13,16,19H,6,8H2,1H3,(H2,24,28)(H,27,29)/t13-,16-/m1/s1. The van der Waals surface area contributed by atoms with Gasteiger partial charge in [0.2, 0.25) is 5.88 Å². The monoisotopic (exact) mass is 433 g/mol. The minimum Gasteiger partial charge on any atom is -0.463 e. The van der Waals surface area contributed by atoms with Gasteiger partial charge in [-0.15, -0.1) is 5.92 Å². The Morgan fingerprint density at radius 1 is 1.39 bits per heavy atom. The van der Waals surface area contributed by atoms with Crippen molar-refractivity contribution >= 4 is 17.6 Å². The Hall–Kier alpha value is -3.81. The lowest BCUT2D eigenvalue weighted by Gasteiger charge is -2.09. The highest BCUT2D eigenvalue weighted by atomic mass is 19.3. The first kappa shape index (κ1) is 21.9. The summed E-state index contributed by atoms with van der Waals surface area (Å²) in [6, 6.07) is 3.36. The average Bonchev–Trinajstić information content (AvgIpc) is 3.48. The number of nitrogens with zero attached hydrogens (tertiary/aromatic N) is 3. The maximum atomic E-state index is 14.2. The Bertz CT molecular complexity index is 1030. The van der Waals surface area contributed by atoms with Crippen molar-refractivity contribution in [3.8, 4) is 17.7 Å². The zero-order valence-electron chi connectivity index (χ0n) is 16.3. The van der Waals surface area contributed by atoms with Crippen LogP contribution in [-0.4, -0.2) is 41.2 Å². The molecule has 3 N–H and O–H groups in total. The summed E-state index contributed by atoms with van der Waals surface area (Å²) >= 11 is 0. The van der Waals surface area contributed by atoms with Crippen LogP contribution in [0.4, 0.5) is 18.9 Å². The Morgan fingerprint density at radius 2 is 2.19 bits per heavy atom. The number of carbonyl (C=O) groups is 1. The van der Waals surface area contributed by atoms with Gasteiger partial charge < -0.3 is 20.5 Å². The number of benzene rings is 1. The van der Waals surface area contributed by atoms with Gasteiger partial charge in [-0.05, 0) is 37.1 Å². The highest BCUT2D eigenvalue weighted by molar-refractivity contribution is 6.02. The van der Waals surface area contributed by atoms with Gasteiger partial charge in [-0.3, -0.25) is 4.79 Å². The fourth-order valence-electron chi connectivity index (χ4n) is 2.70. The molecule has 2 atom stereocenters. The number of nitrogens with one attached hydrogen (secondary N) is 1. The fourth-order valence-corrected chi connectivity index (χ4v) is 2.70. The van der Waals surface area contributed by atoms with Crippen molar-refractivity contribution in [2.75, 3.05) is 11.9 Å². The molecule has 1 heterocycles. The molecule has 162 valence electrons. The summed E-state index contributed by atoms with van der Waals surface area (Å²) in [5.41, 5.74) is 5.88. The van der Waals surface area contributed by atoms with Gasteiger partial charge in [-0.2, -0.15) is 13.8 Å². The smallest absolute Gasteiger partial charge is 0.336 e. The van der Waals surface area contributed by atoms with Crippen molar-refractivity contribution in [2.24, 2.45) is 10.7 Å². The van der Waals surface area contributed by atoms with E-state index in [1.165, 1.54) is 30.6 Å². The summed E-state index contributed by atoms with van der Waals surface area (Å²) < 4.78 is 48.9. The van der Waals surface area contributed by atoms with E-state index in [2.05, 4.69) is 32.1 Å². The summed E-state index contributed by atoms with van der Waals surface area (Å²) in [6.07, 6.45) is 2.34. The number of hydrogen-bond acceptors (Lipinski definition) is 6.